The highest BCUT2D eigenvalue weighted by atomic mass is 35.5. The average Bonchev–Trinajstić information content (AvgIpc) is 3.01. The first-order valence-electron chi connectivity index (χ1n) is 9.08. The van der Waals surface area contributed by atoms with E-state index in [1.54, 1.807) is 13.0 Å². The Balaban J connectivity index is 2.52. The molecule has 0 fully saturated rings. The molecular formula is C19H23ClF3N3O4. The van der Waals surface area contributed by atoms with Crippen LogP contribution in [0.3, 0.4) is 0 Å². The summed E-state index contributed by atoms with van der Waals surface area (Å²) in [5.41, 5.74) is 0.959. The molecule has 0 unspecified atom stereocenters. The summed E-state index contributed by atoms with van der Waals surface area (Å²) in [4.78, 5) is 12.2. The highest BCUT2D eigenvalue weighted by Gasteiger charge is 2.36. The molecule has 7 nitrogen and oxygen atoms in total. The van der Waals surface area contributed by atoms with Gasteiger partial charge in [0.25, 0.3) is 0 Å². The number of nitrogens with one attached hydrogen (secondary N) is 1. The zero-order valence-electron chi connectivity index (χ0n) is 17.0. The van der Waals surface area contributed by atoms with E-state index in [0.717, 1.165) is 6.92 Å². The number of anilines is 1. The van der Waals surface area contributed by atoms with Gasteiger partial charge in [-0.05, 0) is 26.0 Å². The number of hydrogen-bond acceptors (Lipinski definition) is 6. The summed E-state index contributed by atoms with van der Waals surface area (Å²) in [5, 5.41) is 6.66. The molecule has 1 aromatic heterocycles. The van der Waals surface area contributed by atoms with Crippen LogP contribution in [0, 0.1) is 0 Å². The number of aromatic nitrogens is 2. The largest absolute Gasteiger partial charge is 0.496 e. The van der Waals surface area contributed by atoms with E-state index in [1.807, 2.05) is 0 Å². The Morgan fingerprint density at radius 3 is 2.60 bits per heavy atom. The maximum Gasteiger partial charge on any atom is 0.408 e. The predicted molar refractivity (Wildman–Crippen MR) is 106 cm³/mol. The first-order valence-corrected chi connectivity index (χ1v) is 9.45. The molecule has 1 aromatic carbocycles. The fourth-order valence-corrected chi connectivity index (χ4v) is 2.99. The van der Waals surface area contributed by atoms with Crippen LogP contribution in [0.2, 0.25) is 5.02 Å². The van der Waals surface area contributed by atoms with E-state index in [-0.39, 0.29) is 35.3 Å². The van der Waals surface area contributed by atoms with Crippen molar-refractivity contribution in [2.75, 3.05) is 32.8 Å². The molecule has 2 rings (SSSR count). The van der Waals surface area contributed by atoms with Crippen molar-refractivity contribution >= 4 is 23.3 Å². The lowest BCUT2D eigenvalue weighted by Gasteiger charge is -2.19. The number of hydrogen-bond donors (Lipinski definition) is 1. The van der Waals surface area contributed by atoms with Crippen molar-refractivity contribution in [3.63, 3.8) is 0 Å². The zero-order chi connectivity index (χ0) is 22.5. The summed E-state index contributed by atoms with van der Waals surface area (Å²) < 4.78 is 55.5. The van der Waals surface area contributed by atoms with E-state index in [9.17, 15) is 18.0 Å². The van der Waals surface area contributed by atoms with Crippen molar-refractivity contribution < 1.29 is 32.2 Å². The van der Waals surface area contributed by atoms with Gasteiger partial charge >= 0.3 is 12.1 Å². The van der Waals surface area contributed by atoms with Crippen molar-refractivity contribution in [3.05, 3.63) is 28.9 Å². The van der Waals surface area contributed by atoms with Crippen LogP contribution in [-0.2, 0) is 16.0 Å². The molecule has 0 saturated carbocycles. The van der Waals surface area contributed by atoms with E-state index >= 15 is 0 Å². The van der Waals surface area contributed by atoms with E-state index in [2.05, 4.69) is 10.4 Å². The van der Waals surface area contributed by atoms with Gasteiger partial charge in [0, 0.05) is 24.4 Å². The number of carbonyl (C=O) groups excluding carboxylic acids is 1. The van der Waals surface area contributed by atoms with Gasteiger partial charge in [0.2, 0.25) is 0 Å². The molecule has 0 amide bonds. The number of rotatable bonds is 9. The molecule has 0 aliphatic carbocycles. The Bertz CT molecular complexity index is 887. The predicted octanol–water partition coefficient (Wildman–Crippen LogP) is 4.40. The minimum absolute atomic E-state index is 0.0484. The quantitative estimate of drug-likeness (QED) is 0.572. The van der Waals surface area contributed by atoms with Gasteiger partial charge in [0.05, 0.1) is 32.6 Å². The maximum atomic E-state index is 12.8. The molecule has 1 heterocycles. The summed E-state index contributed by atoms with van der Waals surface area (Å²) in [6, 6.07) is 2.68. The molecule has 11 heteroatoms. The number of nitrogens with zero attached hydrogens (tertiary/aromatic N) is 2. The van der Waals surface area contributed by atoms with E-state index < -0.39 is 18.2 Å². The van der Waals surface area contributed by atoms with Crippen LogP contribution >= 0.6 is 11.6 Å². The van der Waals surface area contributed by atoms with Crippen LogP contribution < -0.4 is 10.1 Å². The third kappa shape index (κ3) is 5.37. The second kappa shape index (κ2) is 10.0. The number of esters is 1. The minimum Gasteiger partial charge on any atom is -0.496 e. The van der Waals surface area contributed by atoms with Gasteiger partial charge in [-0.25, -0.2) is 4.79 Å². The Morgan fingerprint density at radius 1 is 1.33 bits per heavy atom. The lowest BCUT2D eigenvalue weighted by atomic mass is 10.1. The molecule has 166 valence electrons. The van der Waals surface area contributed by atoms with Crippen LogP contribution in [0.25, 0.3) is 11.3 Å². The zero-order valence-corrected chi connectivity index (χ0v) is 17.7. The van der Waals surface area contributed by atoms with Crippen LogP contribution in [-0.4, -0.2) is 55.4 Å². The second-order valence-electron chi connectivity index (χ2n) is 6.27. The Labute approximate surface area is 177 Å². The van der Waals surface area contributed by atoms with Crippen LogP contribution in [0.15, 0.2) is 18.2 Å². The molecule has 0 aliphatic rings. The summed E-state index contributed by atoms with van der Waals surface area (Å²) in [5.74, 6) is -0.429. The number of alkyl halides is 3. The Hall–Kier alpha value is -2.46. The van der Waals surface area contributed by atoms with Crippen molar-refractivity contribution in [1.82, 2.24) is 9.78 Å². The van der Waals surface area contributed by atoms with E-state index in [0.29, 0.717) is 17.9 Å². The van der Waals surface area contributed by atoms with E-state index in [1.165, 1.54) is 31.0 Å². The van der Waals surface area contributed by atoms with Gasteiger partial charge in [0.15, 0.2) is 5.69 Å². The Morgan fingerprint density at radius 2 is 2.03 bits per heavy atom. The molecule has 1 atom stereocenters. The standard InChI is InChI=1S/C19H23ClF3N3O4/c1-5-30-18(27)16-15(20)17(26(25-16)8-9-28-3)13-7-6-12(10-14(13)29-4)24-11(2)19(21,22)23/h6-7,10-11,24H,5,8-9H2,1-4H3/t11-/m1/s1. The monoisotopic (exact) mass is 449 g/mol. The van der Waals surface area contributed by atoms with Gasteiger partial charge in [-0.1, -0.05) is 11.6 Å². The number of ether oxygens (including phenoxy) is 3. The minimum atomic E-state index is -4.40. The topological polar surface area (TPSA) is 74.6 Å². The molecule has 0 spiro atoms. The highest BCUT2D eigenvalue weighted by molar-refractivity contribution is 6.36. The molecule has 0 bridgehead atoms. The average molecular weight is 450 g/mol. The lowest BCUT2D eigenvalue weighted by Crippen LogP contribution is -2.33. The number of methoxy groups -OCH3 is 2. The fraction of sp³-hybridized carbons (Fsp3) is 0.474. The summed E-state index contributed by atoms with van der Waals surface area (Å²) in [6.07, 6.45) is -4.40. The first-order chi connectivity index (χ1) is 14.1. The Kier molecular flexibility index (Phi) is 7.96. The van der Waals surface area contributed by atoms with E-state index in [4.69, 9.17) is 25.8 Å². The third-order valence-corrected chi connectivity index (χ3v) is 4.56. The van der Waals surface area contributed by atoms with Crippen molar-refractivity contribution in [1.29, 1.82) is 0 Å². The normalized spacial score (nSPS) is 12.5. The molecule has 0 aliphatic heterocycles. The van der Waals surface area contributed by atoms with Crippen molar-refractivity contribution in [3.8, 4) is 17.0 Å². The first kappa shape index (κ1) is 23.8. The number of carbonyl (C=O) groups is 1. The molecule has 2 aromatic rings. The molecule has 0 saturated heterocycles. The second-order valence-corrected chi connectivity index (χ2v) is 6.65. The molecule has 30 heavy (non-hydrogen) atoms. The smallest absolute Gasteiger partial charge is 0.408 e. The van der Waals surface area contributed by atoms with Crippen LogP contribution in [0.4, 0.5) is 18.9 Å². The van der Waals surface area contributed by atoms with Crippen molar-refractivity contribution in [2.45, 2.75) is 32.6 Å². The van der Waals surface area contributed by atoms with Crippen LogP contribution in [0.1, 0.15) is 24.3 Å². The van der Waals surface area contributed by atoms with Gasteiger partial charge < -0.3 is 19.5 Å². The SMILES string of the molecule is CCOC(=O)c1nn(CCOC)c(-c2ccc(N[C@H](C)C(F)(F)F)cc2OC)c1Cl. The molecular weight excluding hydrogens is 427 g/mol. The van der Waals surface area contributed by atoms with Crippen LogP contribution in [0.5, 0.6) is 5.75 Å². The number of halogens is 4. The molecule has 0 radical (unpaired) electrons. The summed E-state index contributed by atoms with van der Waals surface area (Å²) in [6.45, 7) is 3.39. The van der Waals surface area contributed by atoms with Gasteiger partial charge in [0.1, 0.15) is 16.8 Å². The van der Waals surface area contributed by atoms with Crippen molar-refractivity contribution in [2.24, 2.45) is 0 Å². The fourth-order valence-electron chi connectivity index (χ4n) is 2.68. The lowest BCUT2D eigenvalue weighted by molar-refractivity contribution is -0.138. The summed E-state index contributed by atoms with van der Waals surface area (Å²) in [7, 11) is 2.89. The van der Waals surface area contributed by atoms with Gasteiger partial charge in [-0.3, -0.25) is 4.68 Å². The number of benzene rings is 1. The summed E-state index contributed by atoms with van der Waals surface area (Å²) >= 11 is 6.44. The maximum absolute atomic E-state index is 12.8. The molecule has 1 N–H and O–H groups in total. The van der Waals surface area contributed by atoms with Gasteiger partial charge in [-0.2, -0.15) is 18.3 Å². The highest BCUT2D eigenvalue weighted by Crippen LogP contribution is 2.39. The van der Waals surface area contributed by atoms with Gasteiger partial charge in [-0.15, -0.1) is 0 Å². The third-order valence-electron chi connectivity index (χ3n) is 4.20.